The van der Waals surface area contributed by atoms with E-state index >= 15 is 0 Å². The number of likely N-dealkylation sites (tertiary alicyclic amines) is 1. The summed E-state index contributed by atoms with van der Waals surface area (Å²) < 4.78 is 25.9. The summed E-state index contributed by atoms with van der Waals surface area (Å²) in [5.41, 5.74) is 0. The monoisotopic (exact) mass is 237 g/mol. The number of carboxylic acid groups (broad SMARTS) is 1. The number of rotatable bonds is 4. The van der Waals surface area contributed by atoms with E-state index in [0.29, 0.717) is 19.5 Å². The van der Waals surface area contributed by atoms with E-state index in [1.807, 2.05) is 0 Å². The fourth-order valence-corrected chi connectivity index (χ4v) is 2.01. The van der Waals surface area contributed by atoms with Crippen LogP contribution in [0.1, 0.15) is 12.8 Å². The Labute approximate surface area is 89.0 Å². The first-order valence-corrected chi connectivity index (χ1v) is 6.52. The third kappa shape index (κ3) is 4.48. The first-order chi connectivity index (χ1) is 6.88. The highest BCUT2D eigenvalue weighted by molar-refractivity contribution is 7.85. The van der Waals surface area contributed by atoms with Gasteiger partial charge in [-0.3, -0.25) is 4.18 Å². The van der Waals surface area contributed by atoms with Gasteiger partial charge in [0.2, 0.25) is 0 Å². The molecule has 0 saturated carbocycles. The Hall–Kier alpha value is -0.820. The molecule has 1 atom stereocenters. The minimum Gasteiger partial charge on any atom is -0.465 e. The van der Waals surface area contributed by atoms with Crippen LogP contribution in [0.3, 0.4) is 0 Å². The van der Waals surface area contributed by atoms with Crippen molar-refractivity contribution in [2.75, 3.05) is 26.0 Å². The van der Waals surface area contributed by atoms with Crippen molar-refractivity contribution in [3.05, 3.63) is 0 Å². The molecule has 0 aromatic heterocycles. The molecule has 1 unspecified atom stereocenters. The maximum absolute atomic E-state index is 10.7. The Morgan fingerprint density at radius 1 is 1.60 bits per heavy atom. The summed E-state index contributed by atoms with van der Waals surface area (Å²) in [6.07, 6.45) is 1.45. The molecule has 1 saturated heterocycles. The zero-order chi connectivity index (χ0) is 11.5. The lowest BCUT2D eigenvalue weighted by Crippen LogP contribution is -2.26. The van der Waals surface area contributed by atoms with Gasteiger partial charge in [-0.1, -0.05) is 0 Å². The van der Waals surface area contributed by atoms with E-state index in [2.05, 4.69) is 4.18 Å². The lowest BCUT2D eigenvalue weighted by molar-refractivity contribution is 0.153. The smallest absolute Gasteiger partial charge is 0.407 e. The van der Waals surface area contributed by atoms with E-state index in [9.17, 15) is 13.2 Å². The minimum atomic E-state index is -3.38. The normalized spacial score (nSPS) is 21.9. The van der Waals surface area contributed by atoms with E-state index in [1.54, 1.807) is 0 Å². The van der Waals surface area contributed by atoms with Crippen molar-refractivity contribution in [2.24, 2.45) is 5.92 Å². The van der Waals surface area contributed by atoms with Gasteiger partial charge in [-0.2, -0.15) is 8.42 Å². The Bertz CT molecular complexity index is 326. The van der Waals surface area contributed by atoms with Gasteiger partial charge < -0.3 is 10.0 Å². The molecule has 7 heteroatoms. The van der Waals surface area contributed by atoms with Crippen LogP contribution in [0.4, 0.5) is 4.79 Å². The molecule has 1 aliphatic rings. The number of hydrogen-bond acceptors (Lipinski definition) is 4. The maximum atomic E-state index is 10.7. The van der Waals surface area contributed by atoms with Gasteiger partial charge in [0.25, 0.3) is 10.1 Å². The van der Waals surface area contributed by atoms with Gasteiger partial charge in [-0.15, -0.1) is 0 Å². The zero-order valence-electron chi connectivity index (χ0n) is 8.55. The van der Waals surface area contributed by atoms with Gasteiger partial charge in [-0.25, -0.2) is 4.79 Å². The molecule has 0 aliphatic carbocycles. The average Bonchev–Trinajstić information content (AvgIpc) is 2.50. The molecule has 0 spiro atoms. The van der Waals surface area contributed by atoms with Crippen molar-refractivity contribution >= 4 is 16.2 Å². The summed E-state index contributed by atoms with van der Waals surface area (Å²) in [7, 11) is -3.38. The van der Waals surface area contributed by atoms with E-state index in [-0.39, 0.29) is 12.5 Å². The van der Waals surface area contributed by atoms with Crippen molar-refractivity contribution in [3.63, 3.8) is 0 Å². The van der Waals surface area contributed by atoms with E-state index in [4.69, 9.17) is 5.11 Å². The maximum Gasteiger partial charge on any atom is 0.407 e. The highest BCUT2D eigenvalue weighted by Gasteiger charge is 2.25. The SMILES string of the molecule is CS(=O)(=O)OCCC1CCN(C(=O)O)C1. The fraction of sp³-hybridized carbons (Fsp3) is 0.875. The van der Waals surface area contributed by atoms with E-state index < -0.39 is 16.2 Å². The van der Waals surface area contributed by atoms with Gasteiger partial charge >= 0.3 is 6.09 Å². The summed E-state index contributed by atoms with van der Waals surface area (Å²) in [5, 5.41) is 8.68. The van der Waals surface area contributed by atoms with Gasteiger partial charge in [0.1, 0.15) is 0 Å². The summed E-state index contributed by atoms with van der Waals surface area (Å²) in [6, 6.07) is 0. The first-order valence-electron chi connectivity index (χ1n) is 4.71. The topological polar surface area (TPSA) is 83.9 Å². The molecular formula is C8H15NO5S. The molecule has 15 heavy (non-hydrogen) atoms. The van der Waals surface area contributed by atoms with E-state index in [1.165, 1.54) is 4.90 Å². The van der Waals surface area contributed by atoms with Crippen LogP contribution in [0.25, 0.3) is 0 Å². The number of nitrogens with zero attached hydrogens (tertiary/aromatic N) is 1. The van der Waals surface area contributed by atoms with Crippen LogP contribution < -0.4 is 0 Å². The molecule has 1 N–H and O–H groups in total. The van der Waals surface area contributed by atoms with Gasteiger partial charge in [0.15, 0.2) is 0 Å². The lowest BCUT2D eigenvalue weighted by atomic mass is 10.1. The molecule has 1 amide bonds. The molecule has 1 fully saturated rings. The molecule has 0 aromatic rings. The molecular weight excluding hydrogens is 222 g/mol. The second-order valence-electron chi connectivity index (χ2n) is 3.70. The predicted molar refractivity (Wildman–Crippen MR) is 53.1 cm³/mol. The van der Waals surface area contributed by atoms with Crippen LogP contribution >= 0.6 is 0 Å². The molecule has 0 radical (unpaired) electrons. The lowest BCUT2D eigenvalue weighted by Gasteiger charge is -2.11. The Morgan fingerprint density at radius 3 is 2.73 bits per heavy atom. The summed E-state index contributed by atoms with van der Waals surface area (Å²) in [6.45, 7) is 1.14. The predicted octanol–water partition coefficient (Wildman–Crippen LogP) is 0.353. The quantitative estimate of drug-likeness (QED) is 0.713. The van der Waals surface area contributed by atoms with Crippen LogP contribution in [0.5, 0.6) is 0 Å². The molecule has 0 bridgehead atoms. The van der Waals surface area contributed by atoms with Crippen LogP contribution in [-0.4, -0.2) is 50.5 Å². The summed E-state index contributed by atoms with van der Waals surface area (Å²) in [5.74, 6) is 0.211. The molecule has 88 valence electrons. The molecule has 0 aromatic carbocycles. The summed E-state index contributed by atoms with van der Waals surface area (Å²) in [4.78, 5) is 11.9. The van der Waals surface area contributed by atoms with Crippen LogP contribution in [0.2, 0.25) is 0 Å². The van der Waals surface area contributed by atoms with Crippen LogP contribution in [-0.2, 0) is 14.3 Å². The number of carbonyl (C=O) groups is 1. The van der Waals surface area contributed by atoms with Gasteiger partial charge in [0, 0.05) is 13.1 Å². The molecule has 1 rings (SSSR count). The molecule has 6 nitrogen and oxygen atoms in total. The Morgan fingerprint density at radius 2 is 2.27 bits per heavy atom. The third-order valence-corrected chi connectivity index (χ3v) is 2.97. The number of hydrogen-bond donors (Lipinski definition) is 1. The zero-order valence-corrected chi connectivity index (χ0v) is 9.37. The fourth-order valence-electron chi connectivity index (χ4n) is 1.61. The second kappa shape index (κ2) is 4.80. The van der Waals surface area contributed by atoms with Crippen molar-refractivity contribution in [3.8, 4) is 0 Å². The highest BCUT2D eigenvalue weighted by Crippen LogP contribution is 2.19. The van der Waals surface area contributed by atoms with Crippen molar-refractivity contribution in [2.45, 2.75) is 12.8 Å². The largest absolute Gasteiger partial charge is 0.465 e. The second-order valence-corrected chi connectivity index (χ2v) is 5.34. The standard InChI is InChI=1S/C8H15NO5S/c1-15(12,13)14-5-3-7-2-4-9(6-7)8(10)11/h7H,2-6H2,1H3,(H,10,11). The minimum absolute atomic E-state index is 0.136. The number of amides is 1. The van der Waals surface area contributed by atoms with Gasteiger partial charge in [-0.05, 0) is 18.8 Å². The van der Waals surface area contributed by atoms with E-state index in [0.717, 1.165) is 12.7 Å². The van der Waals surface area contributed by atoms with Crippen molar-refractivity contribution < 1.29 is 22.5 Å². The van der Waals surface area contributed by atoms with Crippen molar-refractivity contribution in [1.82, 2.24) is 4.90 Å². The summed E-state index contributed by atoms with van der Waals surface area (Å²) >= 11 is 0. The highest BCUT2D eigenvalue weighted by atomic mass is 32.2. The molecule has 1 aliphatic heterocycles. The Kier molecular flexibility index (Phi) is 3.92. The van der Waals surface area contributed by atoms with Crippen LogP contribution in [0, 0.1) is 5.92 Å². The third-order valence-electron chi connectivity index (χ3n) is 2.38. The first kappa shape index (κ1) is 12.3. The average molecular weight is 237 g/mol. The van der Waals surface area contributed by atoms with Crippen molar-refractivity contribution in [1.29, 1.82) is 0 Å². The van der Waals surface area contributed by atoms with Crippen LogP contribution in [0.15, 0.2) is 0 Å². The Balaban J connectivity index is 2.22. The van der Waals surface area contributed by atoms with Gasteiger partial charge in [0.05, 0.1) is 12.9 Å². The molecule has 1 heterocycles.